The number of amides is 1. The number of carbonyl (C=O) groups excluding carboxylic acids is 1. The van der Waals surface area contributed by atoms with Gasteiger partial charge in [0.25, 0.3) is 11.5 Å². The van der Waals surface area contributed by atoms with E-state index in [-0.39, 0.29) is 40.3 Å². The topological polar surface area (TPSA) is 86.4 Å². The number of furan rings is 1. The van der Waals surface area contributed by atoms with Crippen LogP contribution in [0.3, 0.4) is 0 Å². The minimum Gasteiger partial charge on any atom is -0.442 e. The number of nitrogens with one attached hydrogen (secondary N) is 1. The van der Waals surface area contributed by atoms with Gasteiger partial charge in [0, 0.05) is 13.6 Å². The van der Waals surface area contributed by atoms with Gasteiger partial charge in [-0.2, -0.15) is 8.78 Å². The van der Waals surface area contributed by atoms with Gasteiger partial charge in [-0.15, -0.1) is 0 Å². The molecule has 0 saturated heterocycles. The van der Waals surface area contributed by atoms with Crippen molar-refractivity contribution in [2.75, 3.05) is 0 Å². The van der Waals surface area contributed by atoms with Crippen LogP contribution in [-0.4, -0.2) is 22.1 Å². The first-order valence-corrected chi connectivity index (χ1v) is 7.63. The molecule has 0 aliphatic heterocycles. The van der Waals surface area contributed by atoms with Gasteiger partial charge in [0.1, 0.15) is 23.2 Å². The zero-order chi connectivity index (χ0) is 18.8. The summed E-state index contributed by atoms with van der Waals surface area (Å²) >= 11 is 0. The first kappa shape index (κ1) is 17.6. The van der Waals surface area contributed by atoms with Crippen molar-refractivity contribution >= 4 is 17.0 Å². The first-order chi connectivity index (χ1) is 12.4. The second-order valence-corrected chi connectivity index (χ2v) is 5.58. The van der Waals surface area contributed by atoms with E-state index in [4.69, 9.17) is 4.42 Å². The molecule has 1 N–H and O–H groups in total. The maximum absolute atomic E-state index is 12.5. The molecule has 2 heterocycles. The quantitative estimate of drug-likeness (QED) is 0.752. The molecule has 7 nitrogen and oxygen atoms in total. The molecule has 0 fully saturated rings. The second-order valence-electron chi connectivity index (χ2n) is 5.58. The van der Waals surface area contributed by atoms with Gasteiger partial charge in [0.15, 0.2) is 0 Å². The van der Waals surface area contributed by atoms with Crippen LogP contribution in [0.4, 0.5) is 8.78 Å². The van der Waals surface area contributed by atoms with Crippen LogP contribution in [0.5, 0.6) is 5.75 Å². The van der Waals surface area contributed by atoms with Crippen LogP contribution in [0.2, 0.25) is 0 Å². The fraction of sp³-hybridized carbons (Fsp3) is 0.235. The highest BCUT2D eigenvalue weighted by atomic mass is 19.3. The van der Waals surface area contributed by atoms with Crippen molar-refractivity contribution in [3.05, 3.63) is 57.8 Å². The van der Waals surface area contributed by atoms with E-state index < -0.39 is 12.5 Å². The molecule has 0 unspecified atom stereocenters. The van der Waals surface area contributed by atoms with Crippen LogP contribution in [0.15, 0.2) is 39.8 Å². The van der Waals surface area contributed by atoms with Crippen molar-refractivity contribution in [3.63, 3.8) is 0 Å². The summed E-state index contributed by atoms with van der Waals surface area (Å²) in [5.74, 6) is -0.172. The van der Waals surface area contributed by atoms with Crippen molar-refractivity contribution in [1.82, 2.24) is 14.9 Å². The van der Waals surface area contributed by atoms with E-state index in [0.29, 0.717) is 5.56 Å². The SMILES string of the molecule is Cc1oc2ncn(C)c(=O)c2c1C(=O)NCc1ccc(OC(F)F)cc1. The Hall–Kier alpha value is -3.23. The number of ether oxygens (including phenoxy) is 1. The monoisotopic (exact) mass is 363 g/mol. The Labute approximate surface area is 146 Å². The third-order valence-corrected chi connectivity index (χ3v) is 3.78. The lowest BCUT2D eigenvalue weighted by molar-refractivity contribution is -0.0498. The average Bonchev–Trinajstić information content (AvgIpc) is 2.94. The van der Waals surface area contributed by atoms with Crippen molar-refractivity contribution in [2.45, 2.75) is 20.1 Å². The average molecular weight is 363 g/mol. The van der Waals surface area contributed by atoms with E-state index in [1.165, 1.54) is 30.1 Å². The van der Waals surface area contributed by atoms with Crippen molar-refractivity contribution in [3.8, 4) is 5.75 Å². The van der Waals surface area contributed by atoms with Crippen LogP contribution >= 0.6 is 0 Å². The van der Waals surface area contributed by atoms with Crippen molar-refractivity contribution in [2.24, 2.45) is 7.05 Å². The highest BCUT2D eigenvalue weighted by molar-refractivity contribution is 6.06. The molecular formula is C17H15F2N3O4. The summed E-state index contributed by atoms with van der Waals surface area (Å²) in [6.07, 6.45) is 1.32. The number of alkyl halides is 2. The molecule has 0 aliphatic carbocycles. The molecule has 26 heavy (non-hydrogen) atoms. The molecule has 3 aromatic rings. The lowest BCUT2D eigenvalue weighted by atomic mass is 10.1. The van der Waals surface area contributed by atoms with Gasteiger partial charge >= 0.3 is 6.61 Å². The fourth-order valence-electron chi connectivity index (χ4n) is 2.52. The second kappa shape index (κ2) is 6.95. The smallest absolute Gasteiger partial charge is 0.387 e. The van der Waals surface area contributed by atoms with Gasteiger partial charge < -0.3 is 19.0 Å². The Kier molecular flexibility index (Phi) is 4.70. The maximum Gasteiger partial charge on any atom is 0.387 e. The summed E-state index contributed by atoms with van der Waals surface area (Å²) in [6, 6.07) is 5.87. The summed E-state index contributed by atoms with van der Waals surface area (Å²) in [6.45, 7) is -1.18. The standard InChI is InChI=1S/C17H15F2N3O4/c1-9-12(13-15(25-9)21-8-22(2)16(13)24)14(23)20-7-10-3-5-11(6-4-10)26-17(18)19/h3-6,8,17H,7H2,1-2H3,(H,20,23). The summed E-state index contributed by atoms with van der Waals surface area (Å²) in [5, 5.41) is 2.79. The highest BCUT2D eigenvalue weighted by Gasteiger charge is 2.22. The summed E-state index contributed by atoms with van der Waals surface area (Å²) in [5.41, 5.74) is 0.526. The van der Waals surface area contributed by atoms with E-state index in [1.807, 2.05) is 0 Å². The number of hydrogen-bond donors (Lipinski definition) is 1. The zero-order valence-electron chi connectivity index (χ0n) is 14.0. The Balaban J connectivity index is 1.79. The van der Waals surface area contributed by atoms with Gasteiger partial charge in [0.05, 0.1) is 5.56 Å². The van der Waals surface area contributed by atoms with Crippen LogP contribution in [-0.2, 0) is 13.6 Å². The van der Waals surface area contributed by atoms with Crippen molar-refractivity contribution in [1.29, 1.82) is 0 Å². The fourth-order valence-corrected chi connectivity index (χ4v) is 2.52. The van der Waals surface area contributed by atoms with Crippen LogP contribution in [0.1, 0.15) is 21.7 Å². The van der Waals surface area contributed by atoms with E-state index in [2.05, 4.69) is 15.0 Å². The Morgan fingerprint density at radius 1 is 1.35 bits per heavy atom. The molecule has 3 rings (SSSR count). The number of nitrogens with zero attached hydrogens (tertiary/aromatic N) is 2. The predicted molar refractivity (Wildman–Crippen MR) is 88.2 cm³/mol. The maximum atomic E-state index is 12.5. The number of rotatable bonds is 5. The first-order valence-electron chi connectivity index (χ1n) is 7.63. The minimum atomic E-state index is -2.89. The molecule has 1 aromatic carbocycles. The predicted octanol–water partition coefficient (Wildman–Crippen LogP) is 2.37. The van der Waals surface area contributed by atoms with E-state index in [9.17, 15) is 18.4 Å². The number of aromatic nitrogens is 2. The lowest BCUT2D eigenvalue weighted by Gasteiger charge is -2.07. The lowest BCUT2D eigenvalue weighted by Crippen LogP contribution is -2.25. The third-order valence-electron chi connectivity index (χ3n) is 3.78. The molecule has 0 saturated carbocycles. The molecule has 9 heteroatoms. The van der Waals surface area contributed by atoms with Gasteiger partial charge in [-0.25, -0.2) is 4.98 Å². The molecular weight excluding hydrogens is 348 g/mol. The normalized spacial score (nSPS) is 11.1. The van der Waals surface area contributed by atoms with Gasteiger partial charge in [-0.3, -0.25) is 9.59 Å². The molecule has 0 bridgehead atoms. The van der Waals surface area contributed by atoms with Gasteiger partial charge in [-0.1, -0.05) is 12.1 Å². The number of aryl methyl sites for hydroxylation is 2. The molecule has 136 valence electrons. The molecule has 1 amide bonds. The highest BCUT2D eigenvalue weighted by Crippen LogP contribution is 2.21. The van der Waals surface area contributed by atoms with Crippen LogP contribution in [0, 0.1) is 6.92 Å². The molecule has 0 aliphatic rings. The van der Waals surface area contributed by atoms with Crippen LogP contribution in [0.25, 0.3) is 11.1 Å². The Morgan fingerprint density at radius 3 is 2.69 bits per heavy atom. The number of benzene rings is 1. The molecule has 2 aromatic heterocycles. The van der Waals surface area contributed by atoms with Crippen LogP contribution < -0.4 is 15.6 Å². The van der Waals surface area contributed by atoms with Crippen molar-refractivity contribution < 1.29 is 22.7 Å². The Bertz CT molecular complexity index is 1010. The summed E-state index contributed by atoms with van der Waals surface area (Å²) < 4.78 is 35.2. The number of carbonyl (C=O) groups is 1. The zero-order valence-corrected chi connectivity index (χ0v) is 14.0. The third kappa shape index (κ3) is 3.41. The summed E-state index contributed by atoms with van der Waals surface area (Å²) in [7, 11) is 1.53. The van der Waals surface area contributed by atoms with Gasteiger partial charge in [-0.05, 0) is 24.6 Å². The largest absolute Gasteiger partial charge is 0.442 e. The number of halogens is 2. The van der Waals surface area contributed by atoms with Gasteiger partial charge in [0.2, 0.25) is 5.71 Å². The number of hydrogen-bond acceptors (Lipinski definition) is 5. The summed E-state index contributed by atoms with van der Waals surface area (Å²) in [4.78, 5) is 28.8. The van der Waals surface area contributed by atoms with E-state index in [1.54, 1.807) is 19.1 Å². The molecule has 0 atom stereocenters. The Morgan fingerprint density at radius 2 is 2.04 bits per heavy atom. The van der Waals surface area contributed by atoms with E-state index >= 15 is 0 Å². The molecule has 0 spiro atoms. The molecule has 0 radical (unpaired) electrons. The minimum absolute atomic E-state index is 0.0290. The number of fused-ring (bicyclic) bond motifs is 1. The van der Waals surface area contributed by atoms with E-state index in [0.717, 1.165) is 0 Å².